The second kappa shape index (κ2) is 5.71. The van der Waals surface area contributed by atoms with Crippen LogP contribution in [0.5, 0.6) is 0 Å². The molecule has 0 fully saturated rings. The molecule has 6 heteroatoms. The molecular formula is C16H11Cl2FN2O. The molecule has 1 aliphatic heterocycles. The summed E-state index contributed by atoms with van der Waals surface area (Å²) in [7, 11) is 1.68. The largest absolute Gasteiger partial charge is 0.313 e. The molecule has 0 radical (unpaired) electrons. The van der Waals surface area contributed by atoms with Crippen molar-refractivity contribution >= 4 is 40.5 Å². The normalized spacial score (nSPS) is 14.5. The summed E-state index contributed by atoms with van der Waals surface area (Å²) in [4.78, 5) is 18.0. The van der Waals surface area contributed by atoms with Crippen LogP contribution in [-0.4, -0.2) is 25.2 Å². The molecule has 1 amide bonds. The lowest BCUT2D eigenvalue weighted by atomic mass is 10.00. The third-order valence-corrected chi connectivity index (χ3v) is 4.06. The number of nitrogens with zero attached hydrogens (tertiary/aromatic N) is 2. The highest BCUT2D eigenvalue weighted by atomic mass is 35.5. The van der Waals surface area contributed by atoms with Gasteiger partial charge in [0.1, 0.15) is 12.4 Å². The van der Waals surface area contributed by atoms with Crippen LogP contribution in [0.25, 0.3) is 0 Å². The number of benzodiazepines with no additional fused rings is 1. The van der Waals surface area contributed by atoms with Crippen LogP contribution in [0.2, 0.25) is 10.0 Å². The summed E-state index contributed by atoms with van der Waals surface area (Å²) in [6.07, 6.45) is 0. The average molecular weight is 337 g/mol. The zero-order chi connectivity index (χ0) is 15.9. The lowest BCUT2D eigenvalue weighted by Crippen LogP contribution is -2.27. The Morgan fingerprint density at radius 2 is 1.91 bits per heavy atom. The van der Waals surface area contributed by atoms with Gasteiger partial charge in [0.05, 0.1) is 16.4 Å². The van der Waals surface area contributed by atoms with Gasteiger partial charge in [-0.3, -0.25) is 9.79 Å². The molecule has 0 N–H and O–H groups in total. The minimum Gasteiger partial charge on any atom is -0.313 e. The predicted molar refractivity (Wildman–Crippen MR) is 86.8 cm³/mol. The average Bonchev–Trinajstić information content (AvgIpc) is 2.58. The molecule has 112 valence electrons. The summed E-state index contributed by atoms with van der Waals surface area (Å²) in [6.45, 7) is -0.00810. The van der Waals surface area contributed by atoms with Crippen molar-refractivity contribution < 1.29 is 9.18 Å². The summed E-state index contributed by atoms with van der Waals surface area (Å²) >= 11 is 12.2. The SMILES string of the molecule is CN1C(=O)CN=C(c2ccc(F)cc2Cl)c2cc(Cl)ccc21. The van der Waals surface area contributed by atoms with E-state index in [9.17, 15) is 9.18 Å². The zero-order valence-corrected chi connectivity index (χ0v) is 13.1. The van der Waals surface area contributed by atoms with Gasteiger partial charge in [0.2, 0.25) is 5.91 Å². The number of carbonyl (C=O) groups is 1. The molecule has 0 unspecified atom stereocenters. The van der Waals surface area contributed by atoms with E-state index in [1.54, 1.807) is 31.3 Å². The molecule has 1 heterocycles. The fraction of sp³-hybridized carbons (Fsp3) is 0.125. The number of benzene rings is 2. The first-order chi connectivity index (χ1) is 10.5. The summed E-state index contributed by atoms with van der Waals surface area (Å²) < 4.78 is 13.3. The van der Waals surface area contributed by atoms with Crippen LogP contribution >= 0.6 is 23.2 Å². The highest BCUT2D eigenvalue weighted by molar-refractivity contribution is 6.37. The van der Waals surface area contributed by atoms with Crippen molar-refractivity contribution in [2.75, 3.05) is 18.5 Å². The van der Waals surface area contributed by atoms with E-state index < -0.39 is 5.82 Å². The minimum atomic E-state index is -0.428. The Morgan fingerprint density at radius 3 is 2.64 bits per heavy atom. The third-order valence-electron chi connectivity index (χ3n) is 3.51. The van der Waals surface area contributed by atoms with Crippen molar-refractivity contribution in [2.24, 2.45) is 4.99 Å². The van der Waals surface area contributed by atoms with Crippen LogP contribution in [0.1, 0.15) is 11.1 Å². The van der Waals surface area contributed by atoms with Gasteiger partial charge in [0, 0.05) is 23.2 Å². The molecule has 1 aliphatic rings. The quantitative estimate of drug-likeness (QED) is 0.776. The smallest absolute Gasteiger partial charge is 0.248 e. The van der Waals surface area contributed by atoms with Crippen molar-refractivity contribution in [3.05, 3.63) is 63.4 Å². The third kappa shape index (κ3) is 2.60. The maximum Gasteiger partial charge on any atom is 0.248 e. The van der Waals surface area contributed by atoms with Crippen LogP contribution in [0, 0.1) is 5.82 Å². The van der Waals surface area contributed by atoms with Crippen LogP contribution in [0.4, 0.5) is 10.1 Å². The van der Waals surface area contributed by atoms with Gasteiger partial charge in [-0.05, 0) is 36.4 Å². The van der Waals surface area contributed by atoms with E-state index in [1.165, 1.54) is 17.0 Å². The molecule has 0 aliphatic carbocycles. The van der Waals surface area contributed by atoms with Gasteiger partial charge in [0.25, 0.3) is 0 Å². The number of carbonyl (C=O) groups excluding carboxylic acids is 1. The monoisotopic (exact) mass is 336 g/mol. The van der Waals surface area contributed by atoms with E-state index in [2.05, 4.69) is 4.99 Å². The number of hydrogen-bond acceptors (Lipinski definition) is 2. The molecule has 0 aromatic heterocycles. The van der Waals surface area contributed by atoms with E-state index in [-0.39, 0.29) is 17.5 Å². The molecule has 2 aromatic rings. The summed E-state index contributed by atoms with van der Waals surface area (Å²) in [6, 6.07) is 9.28. The Labute approximate surface area is 137 Å². The van der Waals surface area contributed by atoms with Gasteiger partial charge >= 0.3 is 0 Å². The molecule has 0 spiro atoms. The van der Waals surface area contributed by atoms with Crippen LogP contribution in [-0.2, 0) is 4.79 Å². The summed E-state index contributed by atoms with van der Waals surface area (Å²) in [5, 5.41) is 0.758. The lowest BCUT2D eigenvalue weighted by Gasteiger charge is -2.18. The van der Waals surface area contributed by atoms with Gasteiger partial charge in [-0.25, -0.2) is 4.39 Å². The highest BCUT2D eigenvalue weighted by Gasteiger charge is 2.23. The van der Waals surface area contributed by atoms with Crippen molar-refractivity contribution in [2.45, 2.75) is 0 Å². The van der Waals surface area contributed by atoms with Crippen molar-refractivity contribution in [1.29, 1.82) is 0 Å². The minimum absolute atomic E-state index is 0.00810. The summed E-state index contributed by atoms with van der Waals surface area (Å²) in [5.74, 6) is -0.570. The maximum absolute atomic E-state index is 13.3. The van der Waals surface area contributed by atoms with Crippen LogP contribution in [0.15, 0.2) is 41.4 Å². The molecule has 0 bridgehead atoms. The van der Waals surface area contributed by atoms with Gasteiger partial charge in [-0.15, -0.1) is 0 Å². The molecule has 3 nitrogen and oxygen atoms in total. The molecule has 2 aromatic carbocycles. The first kappa shape index (κ1) is 15.0. The van der Waals surface area contributed by atoms with Crippen molar-refractivity contribution in [3.63, 3.8) is 0 Å². The van der Waals surface area contributed by atoms with Gasteiger partial charge in [-0.1, -0.05) is 23.2 Å². The maximum atomic E-state index is 13.3. The van der Waals surface area contributed by atoms with Gasteiger partial charge < -0.3 is 4.90 Å². The molecule has 0 saturated carbocycles. The highest BCUT2D eigenvalue weighted by Crippen LogP contribution is 2.31. The predicted octanol–water partition coefficient (Wildman–Crippen LogP) is 3.95. The van der Waals surface area contributed by atoms with E-state index in [0.29, 0.717) is 27.5 Å². The number of amides is 1. The zero-order valence-electron chi connectivity index (χ0n) is 11.6. The fourth-order valence-electron chi connectivity index (χ4n) is 2.37. The molecule has 3 rings (SSSR count). The first-order valence-corrected chi connectivity index (χ1v) is 7.29. The molecular weight excluding hydrogens is 326 g/mol. The van der Waals surface area contributed by atoms with E-state index in [1.807, 2.05) is 0 Å². The van der Waals surface area contributed by atoms with Crippen molar-refractivity contribution in [1.82, 2.24) is 0 Å². The number of halogens is 3. The number of hydrogen-bond donors (Lipinski definition) is 0. The Morgan fingerprint density at radius 1 is 1.14 bits per heavy atom. The fourth-order valence-corrected chi connectivity index (χ4v) is 2.80. The Hall–Kier alpha value is -1.91. The Kier molecular flexibility index (Phi) is 3.89. The number of anilines is 1. The van der Waals surface area contributed by atoms with E-state index >= 15 is 0 Å². The van der Waals surface area contributed by atoms with Crippen molar-refractivity contribution in [3.8, 4) is 0 Å². The Balaban J connectivity index is 2.25. The topological polar surface area (TPSA) is 32.7 Å². The standard InChI is InChI=1S/C16H11Cl2FN2O/c1-21-14-5-2-9(17)6-12(14)16(20-8-15(21)22)11-4-3-10(19)7-13(11)18/h2-7H,8H2,1H3. The van der Waals surface area contributed by atoms with E-state index in [0.717, 1.165) is 0 Å². The van der Waals surface area contributed by atoms with Gasteiger partial charge in [-0.2, -0.15) is 0 Å². The van der Waals surface area contributed by atoms with Gasteiger partial charge in [0.15, 0.2) is 0 Å². The van der Waals surface area contributed by atoms with Crippen LogP contribution < -0.4 is 4.90 Å². The lowest BCUT2D eigenvalue weighted by molar-refractivity contribution is -0.116. The summed E-state index contributed by atoms with van der Waals surface area (Å²) in [5.41, 5.74) is 2.47. The number of rotatable bonds is 1. The molecule has 0 saturated heterocycles. The molecule has 22 heavy (non-hydrogen) atoms. The molecule has 0 atom stereocenters. The number of likely N-dealkylation sites (N-methyl/N-ethyl adjacent to an activating group) is 1. The second-order valence-electron chi connectivity index (χ2n) is 4.90. The first-order valence-electron chi connectivity index (χ1n) is 6.53. The van der Waals surface area contributed by atoms with E-state index in [4.69, 9.17) is 23.2 Å². The number of fused-ring (bicyclic) bond motifs is 1. The van der Waals surface area contributed by atoms with Crippen LogP contribution in [0.3, 0.4) is 0 Å². The second-order valence-corrected chi connectivity index (χ2v) is 5.75. The Bertz CT molecular complexity index is 805. The number of aliphatic imine (C=N–C) groups is 1.